The minimum atomic E-state index is -3.36. The number of sulfone groups is 1. The highest BCUT2D eigenvalue weighted by Gasteiger charge is 2.55. The number of nitrogens with one attached hydrogen (secondary N) is 1. The number of hydrogen-bond acceptors (Lipinski definition) is 5. The lowest BCUT2D eigenvalue weighted by molar-refractivity contribution is 0.0180. The van der Waals surface area contributed by atoms with Crippen molar-refractivity contribution in [3.63, 3.8) is 0 Å². The zero-order valence-electron chi connectivity index (χ0n) is 17.1. The van der Waals surface area contributed by atoms with Gasteiger partial charge in [-0.1, -0.05) is 36.4 Å². The third-order valence-corrected chi connectivity index (χ3v) is 8.07. The van der Waals surface area contributed by atoms with Gasteiger partial charge in [0, 0.05) is 68.5 Å². The fourth-order valence-corrected chi connectivity index (χ4v) is 6.33. The van der Waals surface area contributed by atoms with Crippen LogP contribution in [0.3, 0.4) is 0 Å². The Morgan fingerprint density at radius 3 is 2.30 bits per heavy atom. The first-order valence-corrected chi connectivity index (χ1v) is 12.4. The van der Waals surface area contributed by atoms with Gasteiger partial charge in [-0.25, -0.2) is 8.42 Å². The van der Waals surface area contributed by atoms with Crippen molar-refractivity contribution >= 4 is 15.7 Å². The first-order valence-electron chi connectivity index (χ1n) is 10.5. The van der Waals surface area contributed by atoms with E-state index < -0.39 is 9.84 Å². The third-order valence-electron chi connectivity index (χ3n) is 6.96. The van der Waals surface area contributed by atoms with Gasteiger partial charge in [-0.05, 0) is 23.8 Å². The molecule has 4 aliphatic rings. The van der Waals surface area contributed by atoms with Gasteiger partial charge in [0.05, 0.1) is 4.90 Å². The van der Waals surface area contributed by atoms with E-state index in [1.807, 2.05) is 6.07 Å². The standard InChI is InChI=1S/C23H27N3O3S/c1-30(28,29)20-9-5-6-17(12-20)22(27)24-21-18-13-25-10-11-26(14-18)16-23(21,15-25)19-7-3-2-4-8-19/h2-9,12,18,21H,10-11,13-16H2,1H3,(H,24,27). The van der Waals surface area contributed by atoms with E-state index in [0.717, 1.165) is 39.3 Å². The van der Waals surface area contributed by atoms with Gasteiger partial charge in [0.25, 0.3) is 5.91 Å². The Labute approximate surface area is 177 Å². The molecule has 0 spiro atoms. The number of piperidine rings is 2. The first kappa shape index (κ1) is 19.7. The summed E-state index contributed by atoms with van der Waals surface area (Å²) in [6.45, 7) is 5.97. The maximum absolute atomic E-state index is 13.2. The van der Waals surface area contributed by atoms with Crippen LogP contribution < -0.4 is 5.32 Å². The van der Waals surface area contributed by atoms with Gasteiger partial charge in [0.1, 0.15) is 0 Å². The lowest BCUT2D eigenvalue weighted by Crippen LogP contribution is -2.70. The van der Waals surface area contributed by atoms with Crippen molar-refractivity contribution in [1.82, 2.24) is 15.1 Å². The van der Waals surface area contributed by atoms with E-state index in [1.54, 1.807) is 12.1 Å². The monoisotopic (exact) mass is 425 g/mol. The zero-order chi connectivity index (χ0) is 20.9. The second kappa shape index (κ2) is 7.18. The summed E-state index contributed by atoms with van der Waals surface area (Å²) in [6.07, 6.45) is 1.17. The molecule has 30 heavy (non-hydrogen) atoms. The number of carbonyl (C=O) groups is 1. The SMILES string of the molecule is CS(=O)(=O)c1cccc(C(=O)NC2C3CN4CCN(C3)CC2(c2ccccc2)C4)c1. The molecular weight excluding hydrogens is 398 g/mol. The van der Waals surface area contributed by atoms with Crippen LogP contribution in [-0.2, 0) is 15.3 Å². The van der Waals surface area contributed by atoms with Gasteiger partial charge in [0.2, 0.25) is 0 Å². The molecule has 1 amide bonds. The minimum Gasteiger partial charge on any atom is -0.348 e. The third kappa shape index (κ3) is 3.35. The molecule has 0 aliphatic carbocycles. The Kier molecular flexibility index (Phi) is 4.72. The van der Waals surface area contributed by atoms with E-state index in [-0.39, 0.29) is 22.3 Å². The molecule has 4 saturated heterocycles. The van der Waals surface area contributed by atoms with Gasteiger partial charge in [0.15, 0.2) is 9.84 Å². The Morgan fingerprint density at radius 1 is 1.00 bits per heavy atom. The van der Waals surface area contributed by atoms with E-state index in [4.69, 9.17) is 0 Å². The summed E-state index contributed by atoms with van der Waals surface area (Å²) >= 11 is 0. The highest BCUT2D eigenvalue weighted by atomic mass is 32.2. The van der Waals surface area contributed by atoms with Crippen LogP contribution in [0.1, 0.15) is 15.9 Å². The fraction of sp³-hybridized carbons (Fsp3) is 0.435. The van der Waals surface area contributed by atoms with Crippen molar-refractivity contribution in [2.24, 2.45) is 5.92 Å². The molecule has 6 nitrogen and oxygen atoms in total. The van der Waals surface area contributed by atoms with E-state index in [9.17, 15) is 13.2 Å². The second-order valence-electron chi connectivity index (χ2n) is 9.00. The molecule has 4 fully saturated rings. The minimum absolute atomic E-state index is 0.0138. The van der Waals surface area contributed by atoms with Crippen molar-refractivity contribution in [1.29, 1.82) is 0 Å². The molecule has 0 saturated carbocycles. The topological polar surface area (TPSA) is 69.7 Å². The van der Waals surface area contributed by atoms with Crippen LogP contribution in [0, 0.1) is 5.92 Å². The lowest BCUT2D eigenvalue weighted by Gasteiger charge is -2.55. The number of rotatable bonds is 4. The highest BCUT2D eigenvalue weighted by Crippen LogP contribution is 2.43. The summed E-state index contributed by atoms with van der Waals surface area (Å²) < 4.78 is 23.9. The highest BCUT2D eigenvalue weighted by molar-refractivity contribution is 7.90. The molecular formula is C23H27N3O3S. The van der Waals surface area contributed by atoms with Gasteiger partial charge in [-0.15, -0.1) is 0 Å². The Bertz CT molecular complexity index is 1050. The molecule has 0 aromatic heterocycles. The van der Waals surface area contributed by atoms with Crippen LogP contribution in [0.5, 0.6) is 0 Å². The van der Waals surface area contributed by atoms with Crippen molar-refractivity contribution in [3.05, 3.63) is 65.7 Å². The fourth-order valence-electron chi connectivity index (χ4n) is 5.66. The Balaban J connectivity index is 1.51. The number of fused-ring (bicyclic) bond motifs is 1. The van der Waals surface area contributed by atoms with Crippen LogP contribution >= 0.6 is 0 Å². The normalized spacial score (nSPS) is 32.6. The zero-order valence-corrected chi connectivity index (χ0v) is 17.9. The molecule has 4 heterocycles. The molecule has 4 aliphatic heterocycles. The Morgan fingerprint density at radius 2 is 1.67 bits per heavy atom. The van der Waals surface area contributed by atoms with Gasteiger partial charge < -0.3 is 15.1 Å². The molecule has 3 atom stereocenters. The van der Waals surface area contributed by atoms with E-state index in [0.29, 0.717) is 11.5 Å². The van der Waals surface area contributed by atoms with E-state index in [2.05, 4.69) is 39.4 Å². The number of hydrogen-bond donors (Lipinski definition) is 1. The Hall–Kier alpha value is -2.22. The molecule has 6 rings (SSSR count). The predicted molar refractivity (Wildman–Crippen MR) is 115 cm³/mol. The average Bonchev–Trinajstić information content (AvgIpc) is 2.99. The second-order valence-corrected chi connectivity index (χ2v) is 11.0. The number of benzene rings is 2. The lowest BCUT2D eigenvalue weighted by atomic mass is 9.64. The maximum Gasteiger partial charge on any atom is 0.251 e. The van der Waals surface area contributed by atoms with E-state index >= 15 is 0 Å². The van der Waals surface area contributed by atoms with Gasteiger partial charge >= 0.3 is 0 Å². The largest absolute Gasteiger partial charge is 0.348 e. The molecule has 0 radical (unpaired) electrons. The van der Waals surface area contributed by atoms with Crippen molar-refractivity contribution < 1.29 is 13.2 Å². The smallest absolute Gasteiger partial charge is 0.251 e. The summed E-state index contributed by atoms with van der Waals surface area (Å²) in [5.74, 6) is 0.147. The summed E-state index contributed by atoms with van der Waals surface area (Å²) in [5, 5.41) is 3.34. The molecule has 158 valence electrons. The summed E-state index contributed by atoms with van der Waals surface area (Å²) in [5.41, 5.74) is 1.50. The molecule has 7 heteroatoms. The predicted octanol–water partition coefficient (Wildman–Crippen LogP) is 1.39. The maximum atomic E-state index is 13.2. The van der Waals surface area contributed by atoms with Crippen LogP contribution in [0.2, 0.25) is 0 Å². The van der Waals surface area contributed by atoms with Gasteiger partial charge in [-0.2, -0.15) is 0 Å². The number of carbonyl (C=O) groups excluding carboxylic acids is 1. The summed E-state index contributed by atoms with van der Waals surface area (Å²) in [6, 6.07) is 16.9. The summed E-state index contributed by atoms with van der Waals surface area (Å²) in [7, 11) is -3.36. The molecule has 2 aromatic carbocycles. The van der Waals surface area contributed by atoms with Crippen molar-refractivity contribution in [2.75, 3.05) is 45.5 Å². The first-order chi connectivity index (χ1) is 14.3. The number of amides is 1. The van der Waals surface area contributed by atoms with Crippen molar-refractivity contribution in [2.45, 2.75) is 16.4 Å². The number of nitrogens with zero attached hydrogens (tertiary/aromatic N) is 2. The molecule has 2 aromatic rings. The van der Waals surface area contributed by atoms with Crippen LogP contribution in [-0.4, -0.2) is 75.7 Å². The average molecular weight is 426 g/mol. The van der Waals surface area contributed by atoms with Crippen LogP contribution in [0.15, 0.2) is 59.5 Å². The van der Waals surface area contributed by atoms with E-state index in [1.165, 1.54) is 24.0 Å². The molecule has 3 unspecified atom stereocenters. The quantitative estimate of drug-likeness (QED) is 0.802. The van der Waals surface area contributed by atoms with Crippen molar-refractivity contribution in [3.8, 4) is 0 Å². The molecule has 4 bridgehead atoms. The van der Waals surface area contributed by atoms with Crippen LogP contribution in [0.4, 0.5) is 0 Å². The van der Waals surface area contributed by atoms with Gasteiger partial charge in [-0.3, -0.25) is 4.79 Å². The van der Waals surface area contributed by atoms with Crippen LogP contribution in [0.25, 0.3) is 0 Å². The summed E-state index contributed by atoms with van der Waals surface area (Å²) in [4.78, 5) is 18.5. The molecule has 1 N–H and O–H groups in total.